The van der Waals surface area contributed by atoms with E-state index in [1.807, 2.05) is 13.8 Å². The molecule has 1 rings (SSSR count). The van der Waals surface area contributed by atoms with E-state index in [1.54, 1.807) is 11.8 Å². The lowest BCUT2D eigenvalue weighted by Gasteiger charge is -2.29. The summed E-state index contributed by atoms with van der Waals surface area (Å²) in [6, 6.07) is -0.965. The van der Waals surface area contributed by atoms with Crippen molar-refractivity contribution in [1.29, 1.82) is 0 Å². The van der Waals surface area contributed by atoms with Crippen LogP contribution in [0.2, 0.25) is 0 Å². The number of urea groups is 1. The van der Waals surface area contributed by atoms with E-state index in [0.29, 0.717) is 18.2 Å². The minimum atomic E-state index is -0.922. The fourth-order valence-electron chi connectivity index (χ4n) is 2.05. The average Bonchev–Trinajstić information content (AvgIpc) is 2.72. The molecule has 2 N–H and O–H groups in total. The summed E-state index contributed by atoms with van der Waals surface area (Å²) in [6.45, 7) is 8.80. The highest BCUT2D eigenvalue weighted by atomic mass is 32.2. The SMILES string of the molecule is CC(C)CCNC(=O)N1C(C(=O)O)CSC1C(C)C. The van der Waals surface area contributed by atoms with E-state index in [1.165, 1.54) is 4.90 Å². The van der Waals surface area contributed by atoms with Gasteiger partial charge < -0.3 is 10.4 Å². The van der Waals surface area contributed by atoms with Crippen molar-refractivity contribution in [3.8, 4) is 0 Å². The third-order valence-corrected chi connectivity index (χ3v) is 4.74. The van der Waals surface area contributed by atoms with E-state index in [2.05, 4.69) is 19.2 Å². The van der Waals surface area contributed by atoms with Gasteiger partial charge >= 0.3 is 12.0 Å². The van der Waals surface area contributed by atoms with Gasteiger partial charge in [0.05, 0.1) is 5.37 Å². The number of hydrogen-bond donors (Lipinski definition) is 2. The predicted octanol–water partition coefficient (Wildman–Crippen LogP) is 2.23. The van der Waals surface area contributed by atoms with Gasteiger partial charge in [-0.15, -0.1) is 11.8 Å². The van der Waals surface area contributed by atoms with Crippen LogP contribution < -0.4 is 5.32 Å². The molecule has 19 heavy (non-hydrogen) atoms. The molecule has 6 heteroatoms. The summed E-state index contributed by atoms with van der Waals surface area (Å²) >= 11 is 1.55. The number of aliphatic carboxylic acids is 1. The van der Waals surface area contributed by atoms with Crippen LogP contribution >= 0.6 is 11.8 Å². The lowest BCUT2D eigenvalue weighted by atomic mass is 10.1. The lowest BCUT2D eigenvalue weighted by molar-refractivity contribution is -0.141. The first kappa shape index (κ1) is 16.1. The fraction of sp³-hybridized carbons (Fsp3) is 0.846. The largest absolute Gasteiger partial charge is 0.480 e. The lowest BCUT2D eigenvalue weighted by Crippen LogP contribution is -2.51. The summed E-state index contributed by atoms with van der Waals surface area (Å²) in [4.78, 5) is 24.9. The Balaban J connectivity index is 2.67. The minimum absolute atomic E-state index is 0.0554. The fourth-order valence-corrected chi connectivity index (χ4v) is 3.52. The molecular weight excluding hydrogens is 264 g/mol. The zero-order valence-corrected chi connectivity index (χ0v) is 12.9. The molecule has 1 heterocycles. The molecular formula is C13H24N2O3S. The van der Waals surface area contributed by atoms with Crippen LogP contribution in [-0.4, -0.2) is 45.7 Å². The molecule has 2 unspecified atom stereocenters. The van der Waals surface area contributed by atoms with Gasteiger partial charge in [-0.2, -0.15) is 0 Å². The third-order valence-electron chi connectivity index (χ3n) is 3.12. The number of hydrogen-bond acceptors (Lipinski definition) is 3. The molecule has 1 saturated heterocycles. The average molecular weight is 288 g/mol. The second-order valence-corrected chi connectivity index (χ2v) is 6.79. The Morgan fingerprint density at radius 2 is 2.00 bits per heavy atom. The zero-order chi connectivity index (χ0) is 14.6. The Labute approximate surface area is 119 Å². The van der Waals surface area contributed by atoms with Crippen molar-refractivity contribution >= 4 is 23.8 Å². The molecule has 2 atom stereocenters. The van der Waals surface area contributed by atoms with Crippen LogP contribution in [0.5, 0.6) is 0 Å². The maximum atomic E-state index is 12.2. The smallest absolute Gasteiger partial charge is 0.327 e. The van der Waals surface area contributed by atoms with Crippen LogP contribution in [0.1, 0.15) is 34.1 Å². The maximum absolute atomic E-state index is 12.2. The number of nitrogens with one attached hydrogen (secondary N) is 1. The number of nitrogens with zero attached hydrogens (tertiary/aromatic N) is 1. The van der Waals surface area contributed by atoms with Crippen LogP contribution in [0.3, 0.4) is 0 Å². The molecule has 0 aromatic heterocycles. The summed E-state index contributed by atoms with van der Waals surface area (Å²) < 4.78 is 0. The van der Waals surface area contributed by atoms with Crippen LogP contribution in [0.4, 0.5) is 4.79 Å². The van der Waals surface area contributed by atoms with Gasteiger partial charge in [-0.3, -0.25) is 4.90 Å². The number of amides is 2. The summed E-state index contributed by atoms with van der Waals surface area (Å²) in [5, 5.41) is 12.0. The van der Waals surface area contributed by atoms with Gasteiger partial charge in [0.25, 0.3) is 0 Å². The Bertz CT molecular complexity index is 334. The Morgan fingerprint density at radius 3 is 2.47 bits per heavy atom. The molecule has 0 spiro atoms. The summed E-state index contributed by atoms with van der Waals surface area (Å²) in [5.41, 5.74) is 0. The van der Waals surface area contributed by atoms with Crippen molar-refractivity contribution in [2.24, 2.45) is 11.8 Å². The van der Waals surface area contributed by atoms with Crippen LogP contribution in [0.15, 0.2) is 0 Å². The standard InChI is InChI=1S/C13H24N2O3S/c1-8(2)5-6-14-13(18)15-10(12(16)17)7-19-11(15)9(3)4/h8-11H,5-7H2,1-4H3,(H,14,18)(H,16,17). The van der Waals surface area contributed by atoms with E-state index >= 15 is 0 Å². The second kappa shape index (κ2) is 7.03. The number of carboxylic acid groups (broad SMARTS) is 1. The van der Waals surface area contributed by atoms with E-state index < -0.39 is 12.0 Å². The molecule has 0 aromatic rings. The van der Waals surface area contributed by atoms with Gasteiger partial charge in [0.2, 0.25) is 0 Å². The minimum Gasteiger partial charge on any atom is -0.480 e. The van der Waals surface area contributed by atoms with E-state index in [0.717, 1.165) is 6.42 Å². The maximum Gasteiger partial charge on any atom is 0.327 e. The van der Waals surface area contributed by atoms with E-state index in [9.17, 15) is 14.7 Å². The topological polar surface area (TPSA) is 69.6 Å². The van der Waals surface area contributed by atoms with E-state index in [-0.39, 0.29) is 17.3 Å². The molecule has 1 aliphatic heterocycles. The quantitative estimate of drug-likeness (QED) is 0.814. The molecule has 110 valence electrons. The van der Waals surface area contributed by atoms with Gasteiger partial charge in [0, 0.05) is 12.3 Å². The zero-order valence-electron chi connectivity index (χ0n) is 12.0. The highest BCUT2D eigenvalue weighted by Crippen LogP contribution is 2.33. The highest BCUT2D eigenvalue weighted by Gasteiger charge is 2.42. The summed E-state index contributed by atoms with van der Waals surface area (Å²) in [5.74, 6) is 0.305. The molecule has 2 amide bonds. The summed E-state index contributed by atoms with van der Waals surface area (Å²) in [7, 11) is 0. The predicted molar refractivity (Wildman–Crippen MR) is 77.2 cm³/mol. The summed E-state index contributed by atoms with van der Waals surface area (Å²) in [6.07, 6.45) is 0.900. The van der Waals surface area contributed by atoms with Gasteiger partial charge in [-0.1, -0.05) is 27.7 Å². The first-order chi connectivity index (χ1) is 8.84. The normalized spacial score (nSPS) is 23.2. The number of rotatable bonds is 5. The van der Waals surface area contributed by atoms with Gasteiger partial charge in [0.15, 0.2) is 0 Å². The van der Waals surface area contributed by atoms with Gasteiger partial charge in [-0.25, -0.2) is 9.59 Å². The monoisotopic (exact) mass is 288 g/mol. The molecule has 1 fully saturated rings. The van der Waals surface area contributed by atoms with Crippen molar-refractivity contribution < 1.29 is 14.7 Å². The van der Waals surface area contributed by atoms with Crippen LogP contribution in [0, 0.1) is 11.8 Å². The van der Waals surface area contributed by atoms with Crippen LogP contribution in [0.25, 0.3) is 0 Å². The molecule has 0 bridgehead atoms. The molecule has 0 saturated carbocycles. The first-order valence-electron chi connectivity index (χ1n) is 6.75. The van der Waals surface area contributed by atoms with Crippen molar-refractivity contribution in [2.45, 2.75) is 45.5 Å². The second-order valence-electron chi connectivity index (χ2n) is 5.64. The van der Waals surface area contributed by atoms with Gasteiger partial charge in [-0.05, 0) is 18.3 Å². The number of carboxylic acids is 1. The van der Waals surface area contributed by atoms with Crippen molar-refractivity contribution in [1.82, 2.24) is 10.2 Å². The Morgan fingerprint density at radius 1 is 1.37 bits per heavy atom. The Kier molecular flexibility index (Phi) is 5.97. The van der Waals surface area contributed by atoms with Crippen molar-refractivity contribution in [2.75, 3.05) is 12.3 Å². The number of thioether (sulfide) groups is 1. The molecule has 1 aliphatic rings. The number of carbonyl (C=O) groups is 2. The van der Waals surface area contributed by atoms with Crippen molar-refractivity contribution in [3.05, 3.63) is 0 Å². The van der Waals surface area contributed by atoms with Crippen molar-refractivity contribution in [3.63, 3.8) is 0 Å². The van der Waals surface area contributed by atoms with Crippen LogP contribution in [-0.2, 0) is 4.79 Å². The third kappa shape index (κ3) is 4.30. The first-order valence-corrected chi connectivity index (χ1v) is 7.80. The molecule has 5 nitrogen and oxygen atoms in total. The molecule has 0 radical (unpaired) electrons. The molecule has 0 aromatic carbocycles. The highest BCUT2D eigenvalue weighted by molar-refractivity contribution is 8.00. The van der Waals surface area contributed by atoms with E-state index in [4.69, 9.17) is 0 Å². The Hall–Kier alpha value is -0.910. The molecule has 0 aliphatic carbocycles. The van der Waals surface area contributed by atoms with Gasteiger partial charge in [0.1, 0.15) is 6.04 Å². The number of carbonyl (C=O) groups excluding carboxylic acids is 1.